The van der Waals surface area contributed by atoms with Crippen LogP contribution in [-0.2, 0) is 0 Å². The summed E-state index contributed by atoms with van der Waals surface area (Å²) in [4.78, 5) is 0. The number of allylic oxidation sites excluding steroid dienone is 5. The van der Waals surface area contributed by atoms with Crippen LogP contribution in [0.3, 0.4) is 0 Å². The van der Waals surface area contributed by atoms with Crippen molar-refractivity contribution < 1.29 is 0 Å². The van der Waals surface area contributed by atoms with Gasteiger partial charge in [0.2, 0.25) is 0 Å². The van der Waals surface area contributed by atoms with E-state index >= 15 is 0 Å². The Bertz CT molecular complexity index is 145. The first-order valence-electron chi connectivity index (χ1n) is 7.41. The van der Waals surface area contributed by atoms with E-state index in [0.29, 0.717) is 0 Å². The summed E-state index contributed by atoms with van der Waals surface area (Å²) in [6.07, 6.45) is 14.9. The van der Waals surface area contributed by atoms with Gasteiger partial charge in [-0.05, 0) is 32.6 Å². The number of thioether (sulfide) groups is 1. The van der Waals surface area contributed by atoms with Gasteiger partial charge in [-0.25, -0.2) is 0 Å². The predicted molar refractivity (Wildman–Crippen MR) is 112 cm³/mol. The van der Waals surface area contributed by atoms with Crippen LogP contribution in [0.2, 0.25) is 0 Å². The molecule has 0 saturated carbocycles. The van der Waals surface area contributed by atoms with Crippen LogP contribution in [0.5, 0.6) is 0 Å². The smallest absolute Gasteiger partial charge is 0.0187 e. The van der Waals surface area contributed by atoms with Crippen molar-refractivity contribution in [2.24, 2.45) is 0 Å². The fourth-order valence-electron chi connectivity index (χ4n) is 0.316. The van der Waals surface area contributed by atoms with Crippen molar-refractivity contribution in [2.75, 3.05) is 18.8 Å². The molecular formula is C18H42S2. The highest BCUT2D eigenvalue weighted by molar-refractivity contribution is 7.97. The van der Waals surface area contributed by atoms with Crippen LogP contribution in [0.15, 0.2) is 36.5 Å². The average molecular weight is 323 g/mol. The van der Waals surface area contributed by atoms with E-state index in [1.165, 1.54) is 12.0 Å². The molecule has 0 unspecified atom stereocenters. The number of thiol groups is 1. The summed E-state index contributed by atoms with van der Waals surface area (Å²) in [6, 6.07) is 0. The van der Waals surface area contributed by atoms with E-state index in [1.807, 2.05) is 78.4 Å². The number of rotatable bonds is 2. The summed E-state index contributed by atoms with van der Waals surface area (Å²) in [5.41, 5.74) is 1.20. The first kappa shape index (κ1) is 36.8. The third kappa shape index (κ3) is 146. The molecule has 0 bridgehead atoms. The van der Waals surface area contributed by atoms with Crippen molar-refractivity contribution in [3.63, 3.8) is 0 Å². The zero-order valence-corrected chi connectivity index (χ0v) is 17.8. The molecule has 0 fully saturated rings. The van der Waals surface area contributed by atoms with Crippen molar-refractivity contribution in [1.82, 2.24) is 0 Å². The van der Waals surface area contributed by atoms with Gasteiger partial charge in [0.05, 0.1) is 0 Å². The molecule has 0 aromatic heterocycles. The molecule has 0 aliphatic rings. The second-order valence-corrected chi connectivity index (χ2v) is 3.57. The van der Waals surface area contributed by atoms with Crippen molar-refractivity contribution in [2.45, 2.75) is 61.8 Å². The first-order valence-corrected chi connectivity index (χ1v) is 9.93. The number of hydrogen-bond donors (Lipinski definition) is 1. The third-order valence-electron chi connectivity index (χ3n) is 0.874. The maximum Gasteiger partial charge on any atom is -0.0187 e. The van der Waals surface area contributed by atoms with Crippen molar-refractivity contribution in [1.29, 1.82) is 0 Å². The molecule has 0 spiro atoms. The van der Waals surface area contributed by atoms with E-state index < -0.39 is 0 Å². The molecule has 0 saturated heterocycles. The van der Waals surface area contributed by atoms with Gasteiger partial charge < -0.3 is 0 Å². The molecule has 0 rings (SSSR count). The summed E-state index contributed by atoms with van der Waals surface area (Å²) < 4.78 is 0. The lowest BCUT2D eigenvalue weighted by Gasteiger charge is -1.81. The maximum atomic E-state index is 3.61. The van der Waals surface area contributed by atoms with E-state index in [9.17, 15) is 0 Å². The third-order valence-corrected chi connectivity index (χ3v) is 0.874. The zero-order chi connectivity index (χ0) is 17.8. The van der Waals surface area contributed by atoms with Crippen LogP contribution < -0.4 is 0 Å². The van der Waals surface area contributed by atoms with Crippen LogP contribution in [0.25, 0.3) is 0 Å². The largest absolute Gasteiger partial charge is 0.183 e. The van der Waals surface area contributed by atoms with E-state index in [4.69, 9.17) is 0 Å². The average Bonchev–Trinajstić information content (AvgIpc) is 2.52. The second kappa shape index (κ2) is 76.4. The molecule has 0 amide bonds. The molecule has 0 aromatic carbocycles. The van der Waals surface area contributed by atoms with E-state index in [1.54, 1.807) is 18.0 Å². The van der Waals surface area contributed by atoms with Crippen LogP contribution in [0, 0.1) is 0 Å². The maximum absolute atomic E-state index is 3.61. The van der Waals surface area contributed by atoms with Crippen molar-refractivity contribution in [3.8, 4) is 0 Å². The van der Waals surface area contributed by atoms with Gasteiger partial charge in [-0.1, -0.05) is 84.4 Å². The minimum Gasteiger partial charge on any atom is -0.183 e. The highest BCUT2D eigenvalue weighted by Gasteiger charge is 1.70. The molecule has 2 heteroatoms. The zero-order valence-electron chi connectivity index (χ0n) is 16.1. The van der Waals surface area contributed by atoms with Crippen LogP contribution in [0.4, 0.5) is 0 Å². The molecule has 0 radical (unpaired) electrons. The summed E-state index contributed by atoms with van der Waals surface area (Å²) in [5, 5.41) is 0. The van der Waals surface area contributed by atoms with E-state index in [0.717, 1.165) is 0 Å². The Morgan fingerprint density at radius 1 is 1.05 bits per heavy atom. The highest BCUT2D eigenvalue weighted by atomic mass is 32.2. The van der Waals surface area contributed by atoms with Gasteiger partial charge in [-0.2, -0.15) is 24.4 Å². The van der Waals surface area contributed by atoms with Crippen LogP contribution >= 0.6 is 24.4 Å². The van der Waals surface area contributed by atoms with Gasteiger partial charge >= 0.3 is 0 Å². The Kier molecular flexibility index (Phi) is 141. The molecular weight excluding hydrogens is 280 g/mol. The normalized spacial score (nSPS) is 7.70. The van der Waals surface area contributed by atoms with Crippen molar-refractivity contribution in [3.05, 3.63) is 36.5 Å². The van der Waals surface area contributed by atoms with Gasteiger partial charge in [0, 0.05) is 0 Å². The summed E-state index contributed by atoms with van der Waals surface area (Å²) in [7, 11) is 0. The number of hydrogen-bond acceptors (Lipinski definition) is 2. The quantitative estimate of drug-likeness (QED) is 0.401. The molecule has 126 valence electrons. The van der Waals surface area contributed by atoms with Gasteiger partial charge in [0.1, 0.15) is 0 Å². The topological polar surface area (TPSA) is 0 Å². The Balaban J connectivity index is -0.0000000345. The lowest BCUT2D eigenvalue weighted by atomic mass is 10.3. The highest BCUT2D eigenvalue weighted by Crippen LogP contribution is 1.91. The second-order valence-electron chi connectivity index (χ2n) is 2.76. The Hall–Kier alpha value is -0.0800. The van der Waals surface area contributed by atoms with E-state index in [2.05, 4.69) is 33.1 Å². The molecule has 0 nitrogen and oxygen atoms in total. The molecule has 20 heavy (non-hydrogen) atoms. The molecule has 0 aromatic rings. The van der Waals surface area contributed by atoms with Crippen LogP contribution in [-0.4, -0.2) is 18.8 Å². The molecule has 0 atom stereocenters. The summed E-state index contributed by atoms with van der Waals surface area (Å²) in [6.45, 7) is 19.9. The molecule has 0 heterocycles. The lowest BCUT2D eigenvalue weighted by Crippen LogP contribution is -1.60. The summed E-state index contributed by atoms with van der Waals surface area (Å²) in [5.74, 6) is 0. The van der Waals surface area contributed by atoms with E-state index in [-0.39, 0.29) is 0 Å². The Morgan fingerprint density at radius 2 is 1.30 bits per heavy atom. The lowest BCUT2D eigenvalue weighted by molar-refractivity contribution is 1.09. The minimum atomic E-state index is 1.20. The van der Waals surface area contributed by atoms with Gasteiger partial charge in [0.15, 0.2) is 0 Å². The molecule has 0 aliphatic heterocycles. The van der Waals surface area contributed by atoms with Crippen LogP contribution in [0.1, 0.15) is 61.8 Å². The fourth-order valence-corrected chi connectivity index (χ4v) is 0.316. The fraction of sp³-hybridized carbons (Fsp3) is 0.667. The standard InChI is InChI=1S/C8H12.C3H8.C2H6S.2C2H6.CH4S/c1-4-6-7-8(3)5-2;2*1-3-2;3*1-2/h4-7H,2H2,1,3H3;3H2,1-2H3;1-2H3;2*1-2H3;2H,1H3/b6-4-,8-7-;;;;;. The Labute approximate surface area is 141 Å². The molecule has 0 N–H and O–H groups in total. The monoisotopic (exact) mass is 322 g/mol. The minimum absolute atomic E-state index is 1.20. The van der Waals surface area contributed by atoms with Gasteiger partial charge in [0.25, 0.3) is 0 Å². The predicted octanol–water partition coefficient (Wildman–Crippen LogP) is 7.69. The Morgan fingerprint density at radius 3 is 1.45 bits per heavy atom. The summed E-state index contributed by atoms with van der Waals surface area (Å²) >= 11 is 5.28. The SMILES string of the molecule is C=C/C(C)=C\C=C/C.CC.CC.CCC.CS.CSC. The molecule has 0 aliphatic carbocycles. The van der Waals surface area contributed by atoms with Crippen molar-refractivity contribution >= 4 is 24.4 Å². The van der Waals surface area contributed by atoms with Gasteiger partial charge in [-0.3, -0.25) is 0 Å². The van der Waals surface area contributed by atoms with Gasteiger partial charge in [-0.15, -0.1) is 0 Å². The first-order chi connectivity index (χ1) is 9.64.